The highest BCUT2D eigenvalue weighted by Crippen LogP contribution is 2.25. The number of rotatable bonds is 5. The highest BCUT2D eigenvalue weighted by molar-refractivity contribution is 5.77. The quantitative estimate of drug-likeness (QED) is 0.676. The first kappa shape index (κ1) is 16.7. The average molecular weight is 309 g/mol. The maximum atomic E-state index is 11.4. The van der Waals surface area contributed by atoms with Gasteiger partial charge in [0.1, 0.15) is 24.1 Å². The van der Waals surface area contributed by atoms with Gasteiger partial charge < -0.3 is 25.2 Å². The van der Waals surface area contributed by atoms with E-state index in [1.54, 1.807) is 0 Å². The number of methoxy groups -OCH3 is 1. The number of aliphatic hydroxyl groups excluding tert-OH is 1. The van der Waals surface area contributed by atoms with E-state index in [4.69, 9.17) is 4.74 Å². The van der Waals surface area contributed by atoms with Crippen LogP contribution in [0.15, 0.2) is 18.2 Å². The molecule has 122 valence electrons. The van der Waals surface area contributed by atoms with Gasteiger partial charge in [-0.1, -0.05) is 6.07 Å². The Balaban J connectivity index is 1.95. The molecule has 1 aliphatic heterocycles. The third kappa shape index (κ3) is 3.94. The molecule has 0 radical (unpaired) electrons. The fourth-order valence-electron chi connectivity index (χ4n) is 2.52. The first-order chi connectivity index (χ1) is 10.4. The lowest BCUT2D eigenvalue weighted by atomic mass is 9.88. The number of amides is 1. The molecule has 0 unspecified atom stereocenters. The van der Waals surface area contributed by atoms with E-state index in [0.29, 0.717) is 13.0 Å². The third-order valence-electron chi connectivity index (χ3n) is 3.89. The smallest absolute Gasteiger partial charge is 0.246 e. The molecule has 1 aromatic rings. The highest BCUT2D eigenvalue weighted by atomic mass is 16.5. The number of piperidine rings is 1. The molecule has 0 bridgehead atoms. The summed E-state index contributed by atoms with van der Waals surface area (Å²) in [5.41, 5.74) is -0.427. The van der Waals surface area contributed by atoms with Gasteiger partial charge in [-0.3, -0.25) is 4.79 Å². The van der Waals surface area contributed by atoms with E-state index in [2.05, 4.69) is 10.3 Å². The number of β-amino-alcohol motifs (C(OH)–C–C–N with tert-alkyl or cyclic N) is 1. The van der Waals surface area contributed by atoms with Gasteiger partial charge in [-0.25, -0.2) is 4.98 Å². The van der Waals surface area contributed by atoms with Crippen molar-refractivity contribution in [2.75, 3.05) is 38.3 Å². The van der Waals surface area contributed by atoms with Gasteiger partial charge in [0.15, 0.2) is 0 Å². The molecule has 22 heavy (non-hydrogen) atoms. The minimum Gasteiger partial charge on any atom is -0.388 e. The lowest BCUT2D eigenvalue weighted by Crippen LogP contribution is -2.60. The summed E-state index contributed by atoms with van der Waals surface area (Å²) in [6, 6.07) is 5.70. The number of carbonyl (C=O) groups excluding carboxylic acids is 1. The summed E-state index contributed by atoms with van der Waals surface area (Å²) >= 11 is 0. The zero-order valence-electron chi connectivity index (χ0n) is 13.0. The zero-order valence-corrected chi connectivity index (χ0v) is 13.0. The van der Waals surface area contributed by atoms with Crippen LogP contribution in [0.2, 0.25) is 0 Å². The molecular formula is C15H23N3O4. The second-order valence-corrected chi connectivity index (χ2v) is 5.66. The van der Waals surface area contributed by atoms with Crippen LogP contribution in [0.3, 0.4) is 0 Å². The molecule has 0 spiro atoms. The highest BCUT2D eigenvalue weighted by Gasteiger charge is 2.41. The van der Waals surface area contributed by atoms with Gasteiger partial charge in [0, 0.05) is 32.4 Å². The number of ether oxygens (including phenoxy) is 1. The average Bonchev–Trinajstić information content (AvgIpc) is 2.49. The van der Waals surface area contributed by atoms with Gasteiger partial charge in [-0.05, 0) is 25.5 Å². The van der Waals surface area contributed by atoms with E-state index >= 15 is 0 Å². The standard InChI is InChI=1S/C15H23N3O4/c1-11-4-3-5-13(17-11)18-7-6-15(21,12(19)8-18)10-16-14(20)9-22-2/h3-5,12,19,21H,6-10H2,1-2H3,(H,16,20)/t12-,15-/m1/s1. The largest absolute Gasteiger partial charge is 0.388 e. The second kappa shape index (κ2) is 7.04. The van der Waals surface area contributed by atoms with Gasteiger partial charge in [0.05, 0.1) is 0 Å². The monoisotopic (exact) mass is 309 g/mol. The van der Waals surface area contributed by atoms with Crippen LogP contribution in [0, 0.1) is 6.92 Å². The molecule has 0 aliphatic carbocycles. The first-order valence-electron chi connectivity index (χ1n) is 7.29. The Hall–Kier alpha value is -1.70. The molecule has 7 heteroatoms. The molecule has 1 aliphatic rings. The molecule has 2 rings (SSSR count). The number of hydrogen-bond donors (Lipinski definition) is 3. The number of carbonyl (C=O) groups is 1. The Morgan fingerprint density at radius 2 is 2.36 bits per heavy atom. The van der Waals surface area contributed by atoms with Crippen molar-refractivity contribution in [2.24, 2.45) is 0 Å². The molecule has 0 saturated carbocycles. The minimum atomic E-state index is -1.33. The van der Waals surface area contributed by atoms with Crippen LogP contribution in [-0.4, -0.2) is 66.2 Å². The molecule has 1 saturated heterocycles. The fraction of sp³-hybridized carbons (Fsp3) is 0.600. The van der Waals surface area contributed by atoms with Crippen molar-refractivity contribution >= 4 is 11.7 Å². The van der Waals surface area contributed by atoms with E-state index in [-0.39, 0.29) is 25.6 Å². The van der Waals surface area contributed by atoms with Gasteiger partial charge >= 0.3 is 0 Å². The number of aryl methyl sites for hydroxylation is 1. The SMILES string of the molecule is COCC(=O)NC[C@]1(O)CCN(c2cccc(C)n2)C[C@H]1O. The molecule has 0 aromatic carbocycles. The Morgan fingerprint density at radius 1 is 1.59 bits per heavy atom. The first-order valence-corrected chi connectivity index (χ1v) is 7.29. The lowest BCUT2D eigenvalue weighted by Gasteiger charge is -2.42. The summed E-state index contributed by atoms with van der Waals surface area (Å²) in [5, 5.41) is 23.4. The van der Waals surface area contributed by atoms with Crippen LogP contribution >= 0.6 is 0 Å². The summed E-state index contributed by atoms with van der Waals surface area (Å²) in [6.45, 7) is 2.68. The van der Waals surface area contributed by atoms with Gasteiger partial charge in [-0.15, -0.1) is 0 Å². The number of aromatic nitrogens is 1. The Morgan fingerprint density at radius 3 is 3.00 bits per heavy atom. The number of nitrogens with zero attached hydrogens (tertiary/aromatic N) is 2. The molecule has 1 fully saturated rings. The van der Waals surface area contributed by atoms with Crippen LogP contribution in [0.1, 0.15) is 12.1 Å². The number of anilines is 1. The number of nitrogens with one attached hydrogen (secondary N) is 1. The Labute approximate surface area is 129 Å². The molecule has 1 aromatic heterocycles. The van der Waals surface area contributed by atoms with Crippen LogP contribution in [0.25, 0.3) is 0 Å². The van der Waals surface area contributed by atoms with E-state index in [0.717, 1.165) is 11.5 Å². The summed E-state index contributed by atoms with van der Waals surface area (Å²) in [6.07, 6.45) is -0.622. The maximum absolute atomic E-state index is 11.4. The summed E-state index contributed by atoms with van der Waals surface area (Å²) in [5.74, 6) is 0.468. The van der Waals surface area contributed by atoms with E-state index < -0.39 is 11.7 Å². The Bertz CT molecular complexity index is 525. The van der Waals surface area contributed by atoms with Crippen LogP contribution in [0.4, 0.5) is 5.82 Å². The number of hydrogen-bond acceptors (Lipinski definition) is 6. The summed E-state index contributed by atoms with van der Waals surface area (Å²) in [7, 11) is 1.43. The van der Waals surface area contributed by atoms with Crippen LogP contribution in [-0.2, 0) is 9.53 Å². The molecule has 1 amide bonds. The van der Waals surface area contributed by atoms with Gasteiger partial charge in [-0.2, -0.15) is 0 Å². The van der Waals surface area contributed by atoms with Crippen LogP contribution < -0.4 is 10.2 Å². The second-order valence-electron chi connectivity index (χ2n) is 5.66. The minimum absolute atomic E-state index is 0.00540. The van der Waals surface area contributed by atoms with Crippen molar-refractivity contribution in [3.63, 3.8) is 0 Å². The topological polar surface area (TPSA) is 94.9 Å². The summed E-state index contributed by atoms with van der Waals surface area (Å²) < 4.78 is 4.72. The third-order valence-corrected chi connectivity index (χ3v) is 3.89. The van der Waals surface area contributed by atoms with Crippen molar-refractivity contribution in [1.29, 1.82) is 0 Å². The van der Waals surface area contributed by atoms with Crippen LogP contribution in [0.5, 0.6) is 0 Å². The van der Waals surface area contributed by atoms with Crippen molar-refractivity contribution in [3.05, 3.63) is 23.9 Å². The van der Waals surface area contributed by atoms with E-state index in [1.807, 2.05) is 30.0 Å². The van der Waals surface area contributed by atoms with Crippen molar-refractivity contribution in [1.82, 2.24) is 10.3 Å². The predicted molar refractivity (Wildman–Crippen MR) is 81.6 cm³/mol. The summed E-state index contributed by atoms with van der Waals surface area (Å²) in [4.78, 5) is 17.8. The number of pyridine rings is 1. The van der Waals surface area contributed by atoms with Gasteiger partial charge in [0.25, 0.3) is 0 Å². The molecule has 2 heterocycles. The van der Waals surface area contributed by atoms with Crippen molar-refractivity contribution in [2.45, 2.75) is 25.0 Å². The van der Waals surface area contributed by atoms with Crippen molar-refractivity contribution < 1.29 is 19.7 Å². The fourth-order valence-corrected chi connectivity index (χ4v) is 2.52. The predicted octanol–water partition coefficient (Wildman–Crippen LogP) is -0.545. The normalized spacial score (nSPS) is 25.1. The lowest BCUT2D eigenvalue weighted by molar-refractivity contribution is -0.128. The maximum Gasteiger partial charge on any atom is 0.246 e. The zero-order chi connectivity index (χ0) is 16.2. The molecule has 7 nitrogen and oxygen atoms in total. The number of aliphatic hydroxyl groups is 2. The van der Waals surface area contributed by atoms with Crippen molar-refractivity contribution in [3.8, 4) is 0 Å². The molecule has 2 atom stereocenters. The Kier molecular flexibility index (Phi) is 5.33. The van der Waals surface area contributed by atoms with E-state index in [1.165, 1.54) is 7.11 Å². The van der Waals surface area contributed by atoms with Gasteiger partial charge in [0.2, 0.25) is 5.91 Å². The van der Waals surface area contributed by atoms with E-state index in [9.17, 15) is 15.0 Å². The molecular weight excluding hydrogens is 286 g/mol. The molecule has 3 N–H and O–H groups in total.